The van der Waals surface area contributed by atoms with E-state index in [9.17, 15) is 20.0 Å². The predicted molar refractivity (Wildman–Crippen MR) is 90.6 cm³/mol. The van der Waals surface area contributed by atoms with Gasteiger partial charge in [0.1, 0.15) is 5.69 Å². The van der Waals surface area contributed by atoms with Crippen molar-refractivity contribution in [3.8, 4) is 5.69 Å². The SMILES string of the molecule is CC(O)C1CCCCN1C(=O)c1ccc(-n2ccnc2)c([N+](=O)[O-])c1. The van der Waals surface area contributed by atoms with Gasteiger partial charge in [-0.05, 0) is 38.3 Å². The number of carbonyl (C=O) groups is 1. The van der Waals surface area contributed by atoms with Crippen LogP contribution in [0.4, 0.5) is 5.69 Å². The van der Waals surface area contributed by atoms with Crippen LogP contribution in [0.2, 0.25) is 0 Å². The van der Waals surface area contributed by atoms with Gasteiger partial charge in [-0.2, -0.15) is 0 Å². The highest BCUT2D eigenvalue weighted by Crippen LogP contribution is 2.27. The summed E-state index contributed by atoms with van der Waals surface area (Å²) >= 11 is 0. The summed E-state index contributed by atoms with van der Waals surface area (Å²) in [4.78, 5) is 29.3. The van der Waals surface area contributed by atoms with Crippen molar-refractivity contribution in [3.63, 3.8) is 0 Å². The summed E-state index contributed by atoms with van der Waals surface area (Å²) in [6, 6.07) is 4.17. The van der Waals surface area contributed by atoms with Crippen LogP contribution in [-0.2, 0) is 0 Å². The van der Waals surface area contributed by atoms with Crippen LogP contribution in [-0.4, -0.2) is 49.1 Å². The summed E-state index contributed by atoms with van der Waals surface area (Å²) < 4.78 is 1.53. The zero-order valence-electron chi connectivity index (χ0n) is 13.9. The second kappa shape index (κ2) is 7.02. The number of hydrogen-bond acceptors (Lipinski definition) is 5. The highest BCUT2D eigenvalue weighted by molar-refractivity contribution is 5.95. The van der Waals surface area contributed by atoms with Crippen LogP contribution in [0.3, 0.4) is 0 Å². The molecule has 132 valence electrons. The Bertz CT molecular complexity index is 773. The van der Waals surface area contributed by atoms with Crippen LogP contribution in [0.1, 0.15) is 36.5 Å². The number of aliphatic hydroxyl groups excluding tert-OH is 1. The number of likely N-dealkylation sites (tertiary alicyclic amines) is 1. The molecule has 1 aromatic carbocycles. The molecule has 0 saturated carbocycles. The third-order valence-electron chi connectivity index (χ3n) is 4.57. The minimum atomic E-state index is -0.635. The first-order chi connectivity index (χ1) is 12.0. The molecule has 2 heterocycles. The molecule has 1 saturated heterocycles. The van der Waals surface area contributed by atoms with Crippen molar-refractivity contribution >= 4 is 11.6 Å². The molecule has 2 aromatic rings. The lowest BCUT2D eigenvalue weighted by Crippen LogP contribution is -2.48. The molecule has 2 unspecified atom stereocenters. The molecule has 1 aliphatic rings. The molecule has 0 spiro atoms. The lowest BCUT2D eigenvalue weighted by Gasteiger charge is -2.37. The number of aliphatic hydroxyl groups is 1. The lowest BCUT2D eigenvalue weighted by molar-refractivity contribution is -0.384. The van der Waals surface area contributed by atoms with Gasteiger partial charge in [0.05, 0.1) is 23.4 Å². The lowest BCUT2D eigenvalue weighted by atomic mass is 9.97. The number of nitrogens with zero attached hydrogens (tertiary/aromatic N) is 4. The number of hydrogen-bond donors (Lipinski definition) is 1. The van der Waals surface area contributed by atoms with Crippen LogP contribution >= 0.6 is 0 Å². The number of imidazole rings is 1. The number of piperidine rings is 1. The molecule has 0 bridgehead atoms. The first-order valence-electron chi connectivity index (χ1n) is 8.25. The Labute approximate surface area is 144 Å². The van der Waals surface area contributed by atoms with Crippen molar-refractivity contribution in [2.75, 3.05) is 6.54 Å². The number of amides is 1. The highest BCUT2D eigenvalue weighted by atomic mass is 16.6. The molecule has 1 amide bonds. The standard InChI is InChI=1S/C17H20N4O4/c1-12(22)14-4-2-3-8-20(14)17(23)13-5-6-15(16(10-13)21(24)25)19-9-7-18-11-19/h5-7,9-12,14,22H,2-4,8H2,1H3. The number of benzene rings is 1. The average Bonchev–Trinajstić information content (AvgIpc) is 3.15. The third-order valence-corrected chi connectivity index (χ3v) is 4.57. The van der Waals surface area contributed by atoms with Gasteiger partial charge in [0.15, 0.2) is 0 Å². The minimum Gasteiger partial charge on any atom is -0.391 e. The monoisotopic (exact) mass is 344 g/mol. The van der Waals surface area contributed by atoms with Crippen molar-refractivity contribution in [1.82, 2.24) is 14.5 Å². The van der Waals surface area contributed by atoms with E-state index in [2.05, 4.69) is 4.98 Å². The average molecular weight is 344 g/mol. The van der Waals surface area contributed by atoms with E-state index in [1.54, 1.807) is 30.2 Å². The summed E-state index contributed by atoms with van der Waals surface area (Å²) in [6.07, 6.45) is 6.53. The molecule has 2 atom stereocenters. The molecule has 1 fully saturated rings. The second-order valence-electron chi connectivity index (χ2n) is 6.23. The number of rotatable bonds is 4. The van der Waals surface area contributed by atoms with E-state index in [4.69, 9.17) is 0 Å². The maximum Gasteiger partial charge on any atom is 0.294 e. The Balaban J connectivity index is 1.95. The first kappa shape index (κ1) is 17.1. The van der Waals surface area contributed by atoms with Crippen LogP contribution in [0.5, 0.6) is 0 Å². The van der Waals surface area contributed by atoms with Gasteiger partial charge in [-0.3, -0.25) is 14.9 Å². The van der Waals surface area contributed by atoms with Crippen LogP contribution in [0.25, 0.3) is 5.69 Å². The van der Waals surface area contributed by atoms with Gasteiger partial charge in [0.25, 0.3) is 11.6 Å². The molecule has 0 aliphatic carbocycles. The fourth-order valence-corrected chi connectivity index (χ4v) is 3.30. The van der Waals surface area contributed by atoms with Crippen LogP contribution < -0.4 is 0 Å². The van der Waals surface area contributed by atoms with Crippen molar-refractivity contribution in [2.45, 2.75) is 38.3 Å². The van der Waals surface area contributed by atoms with Crippen LogP contribution in [0, 0.1) is 10.1 Å². The largest absolute Gasteiger partial charge is 0.391 e. The fourth-order valence-electron chi connectivity index (χ4n) is 3.30. The fraction of sp³-hybridized carbons (Fsp3) is 0.412. The zero-order valence-corrected chi connectivity index (χ0v) is 13.9. The van der Waals surface area contributed by atoms with Gasteiger partial charge >= 0.3 is 0 Å². The molecule has 3 rings (SSSR count). The zero-order chi connectivity index (χ0) is 18.0. The molecule has 8 heteroatoms. The number of nitro groups is 1. The summed E-state index contributed by atoms with van der Waals surface area (Å²) in [5.41, 5.74) is 0.447. The molecule has 1 N–H and O–H groups in total. The van der Waals surface area contributed by atoms with Gasteiger partial charge in [0, 0.05) is 30.6 Å². The van der Waals surface area contributed by atoms with E-state index in [-0.39, 0.29) is 23.2 Å². The number of aromatic nitrogens is 2. The second-order valence-corrected chi connectivity index (χ2v) is 6.23. The minimum absolute atomic E-state index is 0.158. The quantitative estimate of drug-likeness (QED) is 0.676. The maximum atomic E-state index is 12.9. The molecule has 25 heavy (non-hydrogen) atoms. The maximum absolute atomic E-state index is 12.9. The van der Waals surface area contributed by atoms with E-state index >= 15 is 0 Å². The summed E-state index contributed by atoms with van der Waals surface area (Å²) in [5, 5.41) is 21.4. The molecule has 8 nitrogen and oxygen atoms in total. The summed E-state index contributed by atoms with van der Waals surface area (Å²) in [7, 11) is 0. The molecule has 1 aliphatic heterocycles. The van der Waals surface area contributed by atoms with Gasteiger partial charge in [-0.1, -0.05) is 0 Å². The summed E-state index contributed by atoms with van der Waals surface area (Å²) in [6.45, 7) is 2.21. The van der Waals surface area contributed by atoms with Gasteiger partial charge < -0.3 is 14.6 Å². The van der Waals surface area contributed by atoms with Crippen molar-refractivity contribution in [1.29, 1.82) is 0 Å². The Kier molecular flexibility index (Phi) is 4.80. The third kappa shape index (κ3) is 3.39. The van der Waals surface area contributed by atoms with Crippen molar-refractivity contribution in [2.24, 2.45) is 0 Å². The van der Waals surface area contributed by atoms with Crippen LogP contribution in [0.15, 0.2) is 36.9 Å². The number of carbonyl (C=O) groups excluding carboxylic acids is 1. The van der Waals surface area contributed by atoms with E-state index in [0.29, 0.717) is 12.2 Å². The van der Waals surface area contributed by atoms with Gasteiger partial charge in [0.2, 0.25) is 0 Å². The smallest absolute Gasteiger partial charge is 0.294 e. The van der Waals surface area contributed by atoms with E-state index in [0.717, 1.165) is 19.3 Å². The molecule has 1 aromatic heterocycles. The van der Waals surface area contributed by atoms with Gasteiger partial charge in [-0.15, -0.1) is 0 Å². The molecule has 0 radical (unpaired) electrons. The first-order valence-corrected chi connectivity index (χ1v) is 8.25. The molecular weight excluding hydrogens is 324 g/mol. The van der Waals surface area contributed by atoms with Crippen molar-refractivity contribution in [3.05, 3.63) is 52.6 Å². The number of nitro benzene ring substituents is 1. The Hall–Kier alpha value is -2.74. The van der Waals surface area contributed by atoms with E-state index in [1.807, 2.05) is 0 Å². The van der Waals surface area contributed by atoms with E-state index < -0.39 is 11.0 Å². The van der Waals surface area contributed by atoms with Crippen molar-refractivity contribution < 1.29 is 14.8 Å². The van der Waals surface area contributed by atoms with Gasteiger partial charge in [-0.25, -0.2) is 4.98 Å². The molecular formula is C17H20N4O4. The Morgan fingerprint density at radius 1 is 1.44 bits per heavy atom. The van der Waals surface area contributed by atoms with E-state index in [1.165, 1.54) is 23.2 Å². The Morgan fingerprint density at radius 2 is 2.24 bits per heavy atom. The Morgan fingerprint density at radius 3 is 2.88 bits per heavy atom. The topological polar surface area (TPSA) is 102 Å². The predicted octanol–water partition coefficient (Wildman–Crippen LogP) is 2.16. The highest BCUT2D eigenvalue weighted by Gasteiger charge is 2.31. The normalized spacial score (nSPS) is 18.8. The summed E-state index contributed by atoms with van der Waals surface area (Å²) in [5.74, 6) is -0.286.